The summed E-state index contributed by atoms with van der Waals surface area (Å²) in [5, 5.41) is 0. The van der Waals surface area contributed by atoms with Crippen molar-refractivity contribution in [3.8, 4) is 0 Å². The van der Waals surface area contributed by atoms with Gasteiger partial charge in [-0.05, 0) is 0 Å². The van der Waals surface area contributed by atoms with Crippen molar-refractivity contribution in [2.24, 2.45) is 0 Å². The fourth-order valence-electron chi connectivity index (χ4n) is 4.69. The Morgan fingerprint density at radius 2 is 1.04 bits per heavy atom. The summed E-state index contributed by atoms with van der Waals surface area (Å²) in [6, 6.07) is 1.22. The third-order valence-electron chi connectivity index (χ3n) is 5.16. The molecule has 0 N–H and O–H groups in total. The molecule has 2 aliphatic heterocycles. The van der Waals surface area contributed by atoms with Crippen molar-refractivity contribution in [2.75, 3.05) is 13.1 Å². The predicted molar refractivity (Wildman–Crippen MR) is 102 cm³/mol. The van der Waals surface area contributed by atoms with Crippen molar-refractivity contribution in [1.29, 1.82) is 0 Å². The predicted octanol–water partition coefficient (Wildman–Crippen LogP) is 3.42. The summed E-state index contributed by atoms with van der Waals surface area (Å²) < 4.78 is 11.7. The summed E-state index contributed by atoms with van der Waals surface area (Å²) in [5.74, 6) is 0. The Hall–Kier alpha value is 0.658. The van der Waals surface area contributed by atoms with Crippen LogP contribution in [0.1, 0.15) is 76.2 Å². The fourth-order valence-corrected chi connectivity index (χ4v) is 21.9. The third kappa shape index (κ3) is 2.91. The molecule has 2 saturated heterocycles. The van der Waals surface area contributed by atoms with Crippen molar-refractivity contribution in [1.82, 2.24) is 12.2 Å². The van der Waals surface area contributed by atoms with Gasteiger partial charge in [-0.1, -0.05) is 0 Å². The summed E-state index contributed by atoms with van der Waals surface area (Å²) >= 11 is -2.87. The van der Waals surface area contributed by atoms with E-state index in [1.165, 1.54) is 13.1 Å². The number of hydrogen-bond acceptors (Lipinski definition) is 4. The molecule has 0 aliphatic carbocycles. The van der Waals surface area contributed by atoms with E-state index >= 15 is 0 Å². The van der Waals surface area contributed by atoms with Gasteiger partial charge in [-0.2, -0.15) is 0 Å². The van der Waals surface area contributed by atoms with Crippen LogP contribution in [0.5, 0.6) is 0 Å². The average Bonchev–Trinajstić information content (AvgIpc) is 2.68. The minimum absolute atomic E-state index is 0.228. The van der Waals surface area contributed by atoms with Crippen molar-refractivity contribution < 1.29 is 0 Å². The molecule has 2 fully saturated rings. The van der Waals surface area contributed by atoms with E-state index in [0.717, 1.165) is 0 Å². The van der Waals surface area contributed by atoms with Crippen molar-refractivity contribution >= 4 is 19.9 Å². The van der Waals surface area contributed by atoms with E-state index in [9.17, 15) is 0 Å². The van der Waals surface area contributed by atoms with E-state index in [1.807, 2.05) is 0 Å². The maximum absolute atomic E-state index is 2.93. The van der Waals surface area contributed by atoms with Crippen LogP contribution in [-0.4, -0.2) is 74.6 Å². The first-order chi connectivity index (χ1) is 10.3. The van der Waals surface area contributed by atoms with Gasteiger partial charge in [0.25, 0.3) is 0 Å². The van der Waals surface area contributed by atoms with Crippen molar-refractivity contribution in [2.45, 2.75) is 105 Å². The molecule has 2 heterocycles. The van der Waals surface area contributed by atoms with Crippen LogP contribution in [0.15, 0.2) is 0 Å². The van der Waals surface area contributed by atoms with Gasteiger partial charge in [-0.15, -0.1) is 0 Å². The van der Waals surface area contributed by atoms with Crippen molar-refractivity contribution in [3.05, 3.63) is 0 Å². The van der Waals surface area contributed by atoms with E-state index in [4.69, 9.17) is 0 Å². The quantitative estimate of drug-likeness (QED) is 0.618. The van der Waals surface area contributed by atoms with Gasteiger partial charge < -0.3 is 0 Å². The number of nitrogens with zero attached hydrogens (tertiary/aromatic N) is 4. The first-order valence-corrected chi connectivity index (χ1v) is 13.9. The van der Waals surface area contributed by atoms with E-state index in [1.54, 1.807) is 0 Å². The van der Waals surface area contributed by atoms with Crippen LogP contribution in [0.4, 0.5) is 0 Å². The zero-order valence-electron chi connectivity index (χ0n) is 17.4. The summed E-state index contributed by atoms with van der Waals surface area (Å²) in [6.45, 7) is 28.9. The van der Waals surface area contributed by atoms with Gasteiger partial charge in [0.2, 0.25) is 0 Å². The number of rotatable bonds is 2. The van der Waals surface area contributed by atoms with Gasteiger partial charge in [0.1, 0.15) is 0 Å². The second-order valence-corrected chi connectivity index (χ2v) is 18.2. The number of hydrogen-bond donors (Lipinski definition) is 0. The molecule has 0 amide bonds. The Morgan fingerprint density at radius 3 is 1.26 bits per heavy atom. The zero-order chi connectivity index (χ0) is 18.0. The molecule has 23 heavy (non-hydrogen) atoms. The fraction of sp³-hybridized carbons (Fsp3) is 1.00. The molecule has 5 heteroatoms. The van der Waals surface area contributed by atoms with Gasteiger partial charge in [-0.3, -0.25) is 0 Å². The molecule has 0 bridgehead atoms. The summed E-state index contributed by atoms with van der Waals surface area (Å²) in [7, 11) is 0. The topological polar surface area (TPSA) is 13.0 Å². The molecule has 0 aromatic heterocycles. The molecular formula is C18H40N4Sb. The molecule has 0 aromatic carbocycles. The Balaban J connectivity index is 2.63. The molecule has 2 rings (SSSR count). The monoisotopic (exact) mass is 433 g/mol. The summed E-state index contributed by atoms with van der Waals surface area (Å²) in [4.78, 5) is 0. The molecule has 137 valence electrons. The van der Waals surface area contributed by atoms with E-state index in [2.05, 4.69) is 88.4 Å². The normalized spacial score (nSPS) is 26.0. The van der Waals surface area contributed by atoms with Gasteiger partial charge >= 0.3 is 151 Å². The molecule has 4 nitrogen and oxygen atoms in total. The van der Waals surface area contributed by atoms with Gasteiger partial charge in [0, 0.05) is 0 Å². The standard InChI is InChI=1S/C10H22N2.C8H18N2.Sb/c1-9(2,3)11-7-8-12-10(4,5)6;1-6(2)9-8(5)10-7(3)4;/h7-8H2,1-6H3;6-8H,1-5H3;/q2*-2;+4. The van der Waals surface area contributed by atoms with Gasteiger partial charge in [0.05, 0.1) is 0 Å². The minimum atomic E-state index is -2.87. The molecule has 0 unspecified atom stereocenters. The second kappa shape index (κ2) is 6.12. The van der Waals surface area contributed by atoms with Crippen LogP contribution in [-0.2, 0) is 0 Å². The average molecular weight is 434 g/mol. The van der Waals surface area contributed by atoms with E-state index < -0.39 is 19.9 Å². The van der Waals surface area contributed by atoms with E-state index in [-0.39, 0.29) is 11.1 Å². The second-order valence-electron chi connectivity index (χ2n) is 9.70. The van der Waals surface area contributed by atoms with Crippen LogP contribution >= 0.6 is 0 Å². The summed E-state index contributed by atoms with van der Waals surface area (Å²) in [6.07, 6.45) is 0.564. The SMILES string of the molecule is CC(C)[N]1C(C)[N](C(C)C)[Sb]12[N](C(C)(C)C)CC[N]2C(C)(C)C. The Kier molecular flexibility index (Phi) is 5.32. The maximum atomic E-state index is 2.93. The molecular weight excluding hydrogens is 394 g/mol. The molecule has 0 saturated carbocycles. The Bertz CT molecular complexity index is 395. The van der Waals surface area contributed by atoms with Crippen LogP contribution in [0.3, 0.4) is 0 Å². The van der Waals surface area contributed by atoms with Gasteiger partial charge in [0.15, 0.2) is 0 Å². The molecule has 0 aromatic rings. The van der Waals surface area contributed by atoms with Crippen LogP contribution in [0, 0.1) is 0 Å². The zero-order valence-corrected chi connectivity index (χ0v) is 19.9. The van der Waals surface area contributed by atoms with Crippen LogP contribution < -0.4 is 0 Å². The van der Waals surface area contributed by atoms with Crippen molar-refractivity contribution in [3.63, 3.8) is 0 Å². The van der Waals surface area contributed by atoms with Gasteiger partial charge in [-0.25, -0.2) is 0 Å². The summed E-state index contributed by atoms with van der Waals surface area (Å²) in [5.41, 5.74) is 0.456. The Labute approximate surface area is 150 Å². The molecule has 0 atom stereocenters. The molecule has 1 spiro atoms. The molecule has 1 radical (unpaired) electrons. The Morgan fingerprint density at radius 1 is 0.739 bits per heavy atom. The van der Waals surface area contributed by atoms with Crippen LogP contribution in [0.25, 0.3) is 0 Å². The molecule has 2 aliphatic rings. The first-order valence-electron chi connectivity index (χ1n) is 9.30. The first kappa shape index (κ1) is 20.0. The van der Waals surface area contributed by atoms with E-state index in [0.29, 0.717) is 18.2 Å². The van der Waals surface area contributed by atoms with Crippen LogP contribution in [0.2, 0.25) is 0 Å². The third-order valence-corrected chi connectivity index (χ3v) is 21.5.